The third kappa shape index (κ3) is 7.17. The number of alkyl halides is 1. The van der Waals surface area contributed by atoms with E-state index in [1.165, 1.54) is 5.71 Å². The summed E-state index contributed by atoms with van der Waals surface area (Å²) < 4.78 is 8.06. The molecule has 1 aromatic heterocycles. The molecule has 2 heterocycles. The summed E-state index contributed by atoms with van der Waals surface area (Å²) in [6.45, 7) is 2.85. The van der Waals surface area contributed by atoms with Gasteiger partial charge in [0.05, 0.1) is 24.7 Å². The molecule has 6 unspecified atom stereocenters. The quantitative estimate of drug-likeness (QED) is 0.249. The number of carbonyl (C=O) groups excluding carboxylic acids is 2. The van der Waals surface area contributed by atoms with Gasteiger partial charge >= 0.3 is 0 Å². The van der Waals surface area contributed by atoms with E-state index in [-0.39, 0.29) is 54.0 Å². The monoisotopic (exact) mass is 606 g/mol. The molecule has 3 saturated carbocycles. The van der Waals surface area contributed by atoms with Gasteiger partial charge in [-0.2, -0.15) is 0 Å². The largest absolute Gasteiger partial charge is 0.390 e. The molecule has 7 atom stereocenters. The molecule has 12 heteroatoms. The molecule has 1 aromatic rings. The number of nitrogens with zero attached hydrogens (tertiary/aromatic N) is 4. The molecule has 4 N–H and O–H groups in total. The zero-order chi connectivity index (χ0) is 29.8. The number of aliphatic hydroxyl groups is 2. The van der Waals surface area contributed by atoms with Gasteiger partial charge in [0.15, 0.2) is 5.82 Å². The average molecular weight is 607 g/mol. The number of rotatable bonds is 9. The van der Waals surface area contributed by atoms with E-state index in [2.05, 4.69) is 25.4 Å². The van der Waals surface area contributed by atoms with Crippen LogP contribution < -0.4 is 10.6 Å². The first-order valence-corrected chi connectivity index (χ1v) is 16.2. The van der Waals surface area contributed by atoms with Crippen LogP contribution in [0.5, 0.6) is 0 Å². The highest BCUT2D eigenvalue weighted by Gasteiger charge is 2.43. The molecule has 5 rings (SSSR count). The van der Waals surface area contributed by atoms with Crippen molar-refractivity contribution in [3.63, 3.8) is 0 Å². The van der Waals surface area contributed by atoms with Gasteiger partial charge in [0, 0.05) is 49.2 Å². The van der Waals surface area contributed by atoms with E-state index in [1.54, 1.807) is 7.11 Å². The molecule has 3 fully saturated rings. The van der Waals surface area contributed by atoms with Gasteiger partial charge < -0.3 is 30.2 Å². The van der Waals surface area contributed by atoms with Crippen molar-refractivity contribution >= 4 is 29.1 Å². The third-order valence-electron chi connectivity index (χ3n) is 9.89. The molecular formula is C30H47ClN6O5. The number of fused-ring (bicyclic) bond motifs is 3. The van der Waals surface area contributed by atoms with Crippen LogP contribution in [-0.4, -0.2) is 86.4 Å². The van der Waals surface area contributed by atoms with Crippen LogP contribution in [-0.2, 0) is 14.3 Å². The molecule has 0 bridgehead atoms. The topological polar surface area (TPSA) is 151 Å². The number of amides is 2. The van der Waals surface area contributed by atoms with Crippen molar-refractivity contribution in [1.29, 1.82) is 0 Å². The van der Waals surface area contributed by atoms with Gasteiger partial charge in [-0.25, -0.2) is 0 Å². The third-order valence-corrected chi connectivity index (χ3v) is 10.3. The van der Waals surface area contributed by atoms with Crippen LogP contribution in [0, 0.1) is 24.7 Å². The first-order valence-electron chi connectivity index (χ1n) is 15.8. The lowest BCUT2D eigenvalue weighted by atomic mass is 9.72. The molecule has 0 aromatic carbocycles. The fraction of sp³-hybridized carbons (Fsp3) is 0.833. The number of hydrogen-bond acceptors (Lipinski definition) is 8. The van der Waals surface area contributed by atoms with Gasteiger partial charge in [-0.05, 0) is 83.5 Å². The second kappa shape index (κ2) is 14.1. The summed E-state index contributed by atoms with van der Waals surface area (Å²) in [4.78, 5) is 31.0. The predicted octanol–water partition coefficient (Wildman–Crippen LogP) is 2.77. The summed E-state index contributed by atoms with van der Waals surface area (Å²) in [5.41, 5.74) is 1.20. The van der Waals surface area contributed by atoms with E-state index in [0.717, 1.165) is 56.6 Å². The highest BCUT2D eigenvalue weighted by molar-refractivity contribution is 6.20. The Morgan fingerprint density at radius 2 is 1.74 bits per heavy atom. The van der Waals surface area contributed by atoms with Gasteiger partial charge in [0.25, 0.3) is 0 Å². The standard InChI is InChI=1S/C30H47ClN6O5/c1-17-35-36-29-23(16-27(40)32-12-3-13-33-30(41)19-6-11-25(38)26(39)14-19)34-28(18-4-7-20(31)8-5-18)22-15-21(42-2)9-10-24(22)37(17)29/h18-26,38-39H,3-16H2,1-2H3,(H,32,40)(H,33,41)/t18?,19?,20?,21?,22?,23-,24?,25?,26?/m0/s1. The van der Waals surface area contributed by atoms with Crippen molar-refractivity contribution in [3.05, 3.63) is 11.6 Å². The van der Waals surface area contributed by atoms with Crippen LogP contribution in [0.1, 0.15) is 101 Å². The highest BCUT2D eigenvalue weighted by Crippen LogP contribution is 2.45. The van der Waals surface area contributed by atoms with Crippen molar-refractivity contribution in [3.8, 4) is 0 Å². The Balaban J connectivity index is 1.22. The van der Waals surface area contributed by atoms with E-state index in [9.17, 15) is 19.8 Å². The van der Waals surface area contributed by atoms with Crippen molar-refractivity contribution in [2.75, 3.05) is 20.2 Å². The van der Waals surface area contributed by atoms with Gasteiger partial charge in [0.1, 0.15) is 11.9 Å². The van der Waals surface area contributed by atoms with Gasteiger partial charge in [0.2, 0.25) is 11.8 Å². The Morgan fingerprint density at radius 3 is 2.48 bits per heavy atom. The Kier molecular flexibility index (Phi) is 10.6. The minimum Gasteiger partial charge on any atom is -0.390 e. The normalized spacial score (nSPS) is 34.9. The minimum atomic E-state index is -0.851. The smallest absolute Gasteiger partial charge is 0.223 e. The van der Waals surface area contributed by atoms with Crippen LogP contribution >= 0.6 is 11.6 Å². The minimum absolute atomic E-state index is 0.102. The molecule has 3 aliphatic carbocycles. The number of hydrogen-bond donors (Lipinski definition) is 4. The first-order chi connectivity index (χ1) is 20.2. The number of aliphatic imine (C=N–C) groups is 1. The van der Waals surface area contributed by atoms with Gasteiger partial charge in [-0.1, -0.05) is 0 Å². The summed E-state index contributed by atoms with van der Waals surface area (Å²) in [6.07, 6.45) is 7.47. The molecule has 0 radical (unpaired) electrons. The highest BCUT2D eigenvalue weighted by atomic mass is 35.5. The zero-order valence-electron chi connectivity index (χ0n) is 24.9. The van der Waals surface area contributed by atoms with Crippen molar-refractivity contribution < 1.29 is 24.5 Å². The lowest BCUT2D eigenvalue weighted by Crippen LogP contribution is -2.41. The zero-order valence-corrected chi connectivity index (χ0v) is 25.6. The number of ether oxygens (including phenoxy) is 1. The van der Waals surface area contributed by atoms with Crippen molar-refractivity contribution in [2.24, 2.45) is 22.7 Å². The molecule has 2 amide bonds. The Hall–Kier alpha value is -2.08. The lowest BCUT2D eigenvalue weighted by molar-refractivity contribution is -0.129. The van der Waals surface area contributed by atoms with E-state index >= 15 is 0 Å². The Bertz CT molecular complexity index is 1120. The molecule has 234 valence electrons. The molecule has 11 nitrogen and oxygen atoms in total. The van der Waals surface area contributed by atoms with Crippen LogP contribution in [0.3, 0.4) is 0 Å². The van der Waals surface area contributed by atoms with Crippen LogP contribution in [0.4, 0.5) is 0 Å². The van der Waals surface area contributed by atoms with Crippen LogP contribution in [0.25, 0.3) is 0 Å². The molecule has 0 saturated heterocycles. The number of nitrogens with one attached hydrogen (secondary N) is 2. The second-order valence-corrected chi connectivity index (χ2v) is 13.3. The molecule has 42 heavy (non-hydrogen) atoms. The van der Waals surface area contributed by atoms with Gasteiger partial charge in [-0.15, -0.1) is 21.8 Å². The number of halogens is 1. The molecular weight excluding hydrogens is 560 g/mol. The second-order valence-electron chi connectivity index (χ2n) is 12.7. The summed E-state index contributed by atoms with van der Waals surface area (Å²) in [6, 6.07) is -0.201. The number of aliphatic hydroxyl groups excluding tert-OH is 2. The fourth-order valence-electron chi connectivity index (χ4n) is 7.50. The number of aromatic nitrogens is 3. The van der Waals surface area contributed by atoms with Crippen molar-refractivity contribution in [1.82, 2.24) is 25.4 Å². The maximum absolute atomic E-state index is 13.2. The number of carbonyl (C=O) groups is 2. The van der Waals surface area contributed by atoms with E-state index in [4.69, 9.17) is 21.3 Å². The summed E-state index contributed by atoms with van der Waals surface area (Å²) in [5, 5.41) is 34.6. The van der Waals surface area contributed by atoms with Crippen LogP contribution in [0.15, 0.2) is 4.99 Å². The fourth-order valence-corrected chi connectivity index (χ4v) is 7.75. The average Bonchev–Trinajstić information content (AvgIpc) is 3.31. The lowest BCUT2D eigenvalue weighted by Gasteiger charge is -2.39. The maximum Gasteiger partial charge on any atom is 0.223 e. The van der Waals surface area contributed by atoms with E-state index in [1.807, 2.05) is 6.92 Å². The molecule has 0 spiro atoms. The summed E-state index contributed by atoms with van der Waals surface area (Å²) in [5.74, 6) is 1.70. The van der Waals surface area contributed by atoms with E-state index in [0.29, 0.717) is 38.3 Å². The SMILES string of the molecule is COC1CCC2C(C1)C(C1CCC(Cl)CC1)=N[C@@H](CC(=O)NCCCNC(=O)C1CCC(O)C(O)C1)c1nnc(C)n12. The summed E-state index contributed by atoms with van der Waals surface area (Å²) in [7, 11) is 1.79. The van der Waals surface area contributed by atoms with Crippen LogP contribution in [0.2, 0.25) is 0 Å². The molecule has 1 aliphatic heterocycles. The number of methoxy groups -OCH3 is 1. The number of aryl methyl sites for hydroxylation is 1. The predicted molar refractivity (Wildman–Crippen MR) is 158 cm³/mol. The Labute approximate surface area is 253 Å². The van der Waals surface area contributed by atoms with E-state index < -0.39 is 18.2 Å². The van der Waals surface area contributed by atoms with Gasteiger partial charge in [-0.3, -0.25) is 14.6 Å². The summed E-state index contributed by atoms with van der Waals surface area (Å²) >= 11 is 6.47. The van der Waals surface area contributed by atoms with Crippen molar-refractivity contribution in [2.45, 2.75) is 120 Å². The first kappa shape index (κ1) is 31.3. The maximum atomic E-state index is 13.2. The molecule has 4 aliphatic rings. The Morgan fingerprint density at radius 1 is 0.976 bits per heavy atom.